The molecule has 1 aromatic heterocycles. The van der Waals surface area contributed by atoms with Crippen LogP contribution in [0.25, 0.3) is 0 Å². The number of hydrogen-bond acceptors (Lipinski definition) is 6. The first-order valence-electron chi connectivity index (χ1n) is 6.62. The number of benzene rings is 1. The second kappa shape index (κ2) is 6.80. The Balaban J connectivity index is 2.01. The Kier molecular flexibility index (Phi) is 4.83. The minimum absolute atomic E-state index is 0.0401. The van der Waals surface area contributed by atoms with E-state index in [0.29, 0.717) is 11.1 Å². The van der Waals surface area contributed by atoms with Gasteiger partial charge in [0.25, 0.3) is 0 Å². The maximum Gasteiger partial charge on any atom is 0.374 e. The molecule has 0 aliphatic heterocycles. The molecule has 2 rings (SSSR count). The molecule has 2 aromatic rings. The molecule has 1 heterocycles. The molecule has 0 aliphatic carbocycles. The number of ether oxygens (including phenoxy) is 2. The van der Waals surface area contributed by atoms with E-state index in [-0.39, 0.29) is 12.4 Å². The number of rotatable bonds is 5. The van der Waals surface area contributed by atoms with Gasteiger partial charge in [-0.3, -0.25) is 0 Å². The molecule has 0 N–H and O–H groups in total. The second-order valence-corrected chi connectivity index (χ2v) is 4.78. The van der Waals surface area contributed by atoms with Crippen LogP contribution in [0, 0.1) is 0 Å². The van der Waals surface area contributed by atoms with Crippen molar-refractivity contribution < 1.29 is 23.5 Å². The normalized spacial score (nSPS) is 10.1. The van der Waals surface area contributed by atoms with E-state index in [9.17, 15) is 9.59 Å². The summed E-state index contributed by atoms with van der Waals surface area (Å²) in [6.45, 7) is -0.0603. The first-order chi connectivity index (χ1) is 10.5. The van der Waals surface area contributed by atoms with Crippen LogP contribution in [-0.2, 0) is 16.1 Å². The highest BCUT2D eigenvalue weighted by Crippen LogP contribution is 2.16. The van der Waals surface area contributed by atoms with E-state index >= 15 is 0 Å². The van der Waals surface area contributed by atoms with Crippen molar-refractivity contribution in [3.8, 4) is 0 Å². The van der Waals surface area contributed by atoms with Gasteiger partial charge >= 0.3 is 11.9 Å². The van der Waals surface area contributed by atoms with E-state index in [2.05, 4.69) is 4.74 Å². The van der Waals surface area contributed by atoms with E-state index in [1.165, 1.54) is 13.4 Å². The topological polar surface area (TPSA) is 69.0 Å². The van der Waals surface area contributed by atoms with Gasteiger partial charge in [0.05, 0.1) is 18.9 Å². The van der Waals surface area contributed by atoms with Crippen LogP contribution in [0.5, 0.6) is 0 Å². The van der Waals surface area contributed by atoms with Crippen molar-refractivity contribution in [2.75, 3.05) is 26.1 Å². The Hall–Kier alpha value is -2.76. The van der Waals surface area contributed by atoms with Crippen LogP contribution in [-0.4, -0.2) is 33.1 Å². The van der Waals surface area contributed by atoms with Crippen molar-refractivity contribution >= 4 is 17.6 Å². The summed E-state index contributed by atoms with van der Waals surface area (Å²) >= 11 is 0. The number of methoxy groups -OCH3 is 1. The Morgan fingerprint density at radius 2 is 1.77 bits per heavy atom. The van der Waals surface area contributed by atoms with Crippen molar-refractivity contribution in [3.05, 3.63) is 53.5 Å². The standard InChI is InChI=1S/C16H17NO5/c1-17(2)13-6-4-11(5-7-13)15(18)22-10-12-8-9-21-14(12)16(19)20-3/h4-9H,10H2,1-3H3. The van der Waals surface area contributed by atoms with Gasteiger partial charge in [0.2, 0.25) is 5.76 Å². The number of carbonyl (C=O) groups excluding carboxylic acids is 2. The summed E-state index contributed by atoms with van der Waals surface area (Å²) in [5.74, 6) is -1.04. The average Bonchev–Trinajstić information content (AvgIpc) is 3.00. The molecular formula is C16H17NO5. The van der Waals surface area contributed by atoms with Crippen molar-refractivity contribution in [2.45, 2.75) is 6.61 Å². The highest BCUT2D eigenvalue weighted by Gasteiger charge is 2.17. The van der Waals surface area contributed by atoms with Crippen LogP contribution in [0.15, 0.2) is 41.0 Å². The number of esters is 2. The van der Waals surface area contributed by atoms with Crippen molar-refractivity contribution in [2.24, 2.45) is 0 Å². The van der Waals surface area contributed by atoms with Gasteiger partial charge in [-0.1, -0.05) is 0 Å². The summed E-state index contributed by atoms with van der Waals surface area (Å²) in [5.41, 5.74) is 1.89. The summed E-state index contributed by atoms with van der Waals surface area (Å²) in [6.07, 6.45) is 1.35. The SMILES string of the molecule is COC(=O)c1occc1COC(=O)c1ccc(N(C)C)cc1. The molecule has 116 valence electrons. The van der Waals surface area contributed by atoms with Crippen LogP contribution in [0.2, 0.25) is 0 Å². The number of furan rings is 1. The quantitative estimate of drug-likeness (QED) is 0.790. The molecule has 0 atom stereocenters. The fourth-order valence-corrected chi connectivity index (χ4v) is 1.84. The second-order valence-electron chi connectivity index (χ2n) is 4.78. The van der Waals surface area contributed by atoms with Crippen molar-refractivity contribution in [1.82, 2.24) is 0 Å². The summed E-state index contributed by atoms with van der Waals surface area (Å²) in [6, 6.07) is 8.60. The Morgan fingerprint density at radius 3 is 2.36 bits per heavy atom. The number of nitrogens with zero attached hydrogens (tertiary/aromatic N) is 1. The molecule has 0 aliphatic rings. The highest BCUT2D eigenvalue weighted by atomic mass is 16.5. The Labute approximate surface area is 128 Å². The monoisotopic (exact) mass is 303 g/mol. The molecule has 0 bridgehead atoms. The molecule has 22 heavy (non-hydrogen) atoms. The van der Waals surface area contributed by atoms with E-state index in [1.807, 2.05) is 31.1 Å². The van der Waals surface area contributed by atoms with E-state index in [4.69, 9.17) is 9.15 Å². The molecule has 6 nitrogen and oxygen atoms in total. The molecular weight excluding hydrogens is 286 g/mol. The zero-order valence-corrected chi connectivity index (χ0v) is 12.7. The first-order valence-corrected chi connectivity index (χ1v) is 6.62. The van der Waals surface area contributed by atoms with E-state index in [1.54, 1.807) is 18.2 Å². The van der Waals surface area contributed by atoms with Gasteiger partial charge in [0.15, 0.2) is 0 Å². The van der Waals surface area contributed by atoms with Crippen LogP contribution in [0.1, 0.15) is 26.5 Å². The molecule has 0 fully saturated rings. The van der Waals surface area contributed by atoms with Gasteiger partial charge in [-0.05, 0) is 30.3 Å². The Morgan fingerprint density at radius 1 is 1.09 bits per heavy atom. The van der Waals surface area contributed by atoms with E-state index < -0.39 is 11.9 Å². The smallest absolute Gasteiger partial charge is 0.374 e. The molecule has 0 saturated carbocycles. The number of carbonyl (C=O) groups is 2. The van der Waals surface area contributed by atoms with Gasteiger partial charge < -0.3 is 18.8 Å². The fourth-order valence-electron chi connectivity index (χ4n) is 1.84. The number of hydrogen-bond donors (Lipinski definition) is 0. The lowest BCUT2D eigenvalue weighted by Gasteiger charge is -2.12. The molecule has 0 radical (unpaired) electrons. The van der Waals surface area contributed by atoms with Crippen LogP contribution >= 0.6 is 0 Å². The maximum atomic E-state index is 12.0. The molecule has 0 saturated heterocycles. The number of anilines is 1. The Bertz CT molecular complexity index is 657. The lowest BCUT2D eigenvalue weighted by molar-refractivity contribution is 0.0453. The van der Waals surface area contributed by atoms with Gasteiger partial charge in [-0.25, -0.2) is 9.59 Å². The largest absolute Gasteiger partial charge is 0.463 e. The van der Waals surface area contributed by atoms with Crippen LogP contribution < -0.4 is 4.90 Å². The third kappa shape index (κ3) is 3.46. The zero-order chi connectivity index (χ0) is 16.1. The molecule has 0 amide bonds. The predicted octanol–water partition coefficient (Wildman–Crippen LogP) is 2.49. The molecule has 0 unspecified atom stereocenters. The third-order valence-corrected chi connectivity index (χ3v) is 3.10. The van der Waals surface area contributed by atoms with Crippen LogP contribution in [0.3, 0.4) is 0 Å². The minimum atomic E-state index is -0.605. The fraction of sp³-hybridized carbons (Fsp3) is 0.250. The average molecular weight is 303 g/mol. The van der Waals surface area contributed by atoms with Gasteiger partial charge in [0.1, 0.15) is 6.61 Å². The summed E-state index contributed by atoms with van der Waals surface area (Å²) < 4.78 is 14.8. The third-order valence-electron chi connectivity index (χ3n) is 3.10. The lowest BCUT2D eigenvalue weighted by Crippen LogP contribution is -2.10. The van der Waals surface area contributed by atoms with E-state index in [0.717, 1.165) is 5.69 Å². The van der Waals surface area contributed by atoms with Gasteiger partial charge in [-0.15, -0.1) is 0 Å². The molecule has 6 heteroatoms. The summed E-state index contributed by atoms with van der Waals surface area (Å²) in [5, 5.41) is 0. The first kappa shape index (κ1) is 15.6. The maximum absolute atomic E-state index is 12.0. The zero-order valence-electron chi connectivity index (χ0n) is 12.7. The minimum Gasteiger partial charge on any atom is -0.463 e. The molecule has 1 aromatic carbocycles. The van der Waals surface area contributed by atoms with Crippen LogP contribution in [0.4, 0.5) is 5.69 Å². The van der Waals surface area contributed by atoms with Crippen molar-refractivity contribution in [1.29, 1.82) is 0 Å². The van der Waals surface area contributed by atoms with Crippen molar-refractivity contribution in [3.63, 3.8) is 0 Å². The molecule has 0 spiro atoms. The van der Waals surface area contributed by atoms with Gasteiger partial charge in [0, 0.05) is 25.3 Å². The summed E-state index contributed by atoms with van der Waals surface area (Å²) in [7, 11) is 5.09. The summed E-state index contributed by atoms with van der Waals surface area (Å²) in [4.78, 5) is 25.4. The lowest BCUT2D eigenvalue weighted by atomic mass is 10.2. The highest BCUT2D eigenvalue weighted by molar-refractivity contribution is 5.90. The van der Waals surface area contributed by atoms with Gasteiger partial charge in [-0.2, -0.15) is 0 Å². The predicted molar refractivity (Wildman–Crippen MR) is 79.9 cm³/mol.